The fourth-order valence-corrected chi connectivity index (χ4v) is 3.00. The number of unbranched alkanes of at least 4 members (excludes halogenated alkanes) is 3. The van der Waals surface area contributed by atoms with Gasteiger partial charge in [-0.3, -0.25) is 4.79 Å². The van der Waals surface area contributed by atoms with Crippen LogP contribution in [0.4, 0.5) is 4.39 Å². The van der Waals surface area contributed by atoms with E-state index in [0.717, 1.165) is 48.2 Å². The number of nitrogens with zero attached hydrogens (tertiary/aromatic N) is 1. The molecule has 9 heteroatoms. The van der Waals surface area contributed by atoms with Crippen LogP contribution in [0.3, 0.4) is 0 Å². The van der Waals surface area contributed by atoms with Gasteiger partial charge in [0, 0.05) is 20.6 Å². The Bertz CT molecular complexity index is 735. The molecule has 7 nitrogen and oxygen atoms in total. The van der Waals surface area contributed by atoms with Crippen molar-refractivity contribution in [2.24, 2.45) is 0 Å². The Morgan fingerprint density at radius 1 is 1.19 bits per heavy atom. The molecule has 0 unspecified atom stereocenters. The molecule has 0 aromatic heterocycles. The van der Waals surface area contributed by atoms with Crippen LogP contribution in [0.15, 0.2) is 23.1 Å². The van der Waals surface area contributed by atoms with Gasteiger partial charge in [-0.15, -0.1) is 0 Å². The van der Waals surface area contributed by atoms with Crippen molar-refractivity contribution >= 4 is 21.9 Å². The van der Waals surface area contributed by atoms with E-state index in [1.54, 1.807) is 0 Å². The van der Waals surface area contributed by atoms with Crippen molar-refractivity contribution in [1.82, 2.24) is 9.62 Å². The summed E-state index contributed by atoms with van der Waals surface area (Å²) in [7, 11) is -1.18. The summed E-state index contributed by atoms with van der Waals surface area (Å²) in [5, 5.41) is 2.60. The molecule has 0 spiro atoms. The molecule has 0 heterocycles. The Morgan fingerprint density at radius 2 is 1.88 bits per heavy atom. The number of sulfonamides is 1. The second kappa shape index (κ2) is 10.2. The molecule has 1 amide bonds. The summed E-state index contributed by atoms with van der Waals surface area (Å²) in [4.78, 5) is 23.4. The fraction of sp³-hybridized carbons (Fsp3) is 0.529. The van der Waals surface area contributed by atoms with Gasteiger partial charge in [0.05, 0.1) is 10.5 Å². The van der Waals surface area contributed by atoms with E-state index in [1.807, 2.05) is 0 Å². The van der Waals surface area contributed by atoms with Gasteiger partial charge < -0.3 is 10.1 Å². The van der Waals surface area contributed by atoms with Gasteiger partial charge in [0.25, 0.3) is 5.91 Å². The maximum Gasteiger partial charge on any atom is 0.341 e. The molecule has 0 aliphatic carbocycles. The summed E-state index contributed by atoms with van der Waals surface area (Å²) >= 11 is 0. The van der Waals surface area contributed by atoms with Gasteiger partial charge in [-0.05, 0) is 24.6 Å². The van der Waals surface area contributed by atoms with Gasteiger partial charge in [-0.25, -0.2) is 21.9 Å². The van der Waals surface area contributed by atoms with Crippen LogP contribution in [-0.4, -0.2) is 51.8 Å². The second-order valence-electron chi connectivity index (χ2n) is 5.92. The average molecular weight is 388 g/mol. The number of nitrogens with one attached hydrogen (secondary N) is 1. The normalized spacial score (nSPS) is 11.4. The first-order valence-electron chi connectivity index (χ1n) is 8.36. The van der Waals surface area contributed by atoms with Crippen LogP contribution in [0, 0.1) is 5.82 Å². The zero-order valence-electron chi connectivity index (χ0n) is 15.2. The summed E-state index contributed by atoms with van der Waals surface area (Å²) in [6, 6.07) is 2.83. The molecule has 1 aromatic carbocycles. The van der Waals surface area contributed by atoms with Gasteiger partial charge in [0.2, 0.25) is 10.0 Å². The summed E-state index contributed by atoms with van der Waals surface area (Å²) in [6.07, 6.45) is 3.98. The van der Waals surface area contributed by atoms with E-state index < -0.39 is 39.9 Å². The third-order valence-electron chi connectivity index (χ3n) is 3.62. The number of ether oxygens (including phenoxy) is 1. The largest absolute Gasteiger partial charge is 0.452 e. The third kappa shape index (κ3) is 6.38. The van der Waals surface area contributed by atoms with Crippen LogP contribution < -0.4 is 5.32 Å². The zero-order valence-corrected chi connectivity index (χ0v) is 16.1. The Labute approximate surface area is 153 Å². The van der Waals surface area contributed by atoms with Crippen molar-refractivity contribution in [3.63, 3.8) is 0 Å². The van der Waals surface area contributed by atoms with Crippen LogP contribution in [0.1, 0.15) is 43.0 Å². The van der Waals surface area contributed by atoms with Crippen molar-refractivity contribution < 1.29 is 27.1 Å². The number of rotatable bonds is 10. The number of benzene rings is 1. The number of amides is 1. The lowest BCUT2D eigenvalue weighted by Gasteiger charge is -2.12. The Kier molecular flexibility index (Phi) is 8.67. The number of carbonyl (C=O) groups excluding carboxylic acids is 2. The van der Waals surface area contributed by atoms with E-state index in [0.29, 0.717) is 6.54 Å². The number of halogens is 1. The lowest BCUT2D eigenvalue weighted by Crippen LogP contribution is -2.29. The predicted molar refractivity (Wildman–Crippen MR) is 94.7 cm³/mol. The number of carbonyl (C=O) groups is 2. The van der Waals surface area contributed by atoms with Crippen molar-refractivity contribution in [3.05, 3.63) is 29.6 Å². The summed E-state index contributed by atoms with van der Waals surface area (Å²) < 4.78 is 43.7. The monoisotopic (exact) mass is 388 g/mol. The van der Waals surface area contributed by atoms with Crippen LogP contribution in [0.5, 0.6) is 0 Å². The smallest absolute Gasteiger partial charge is 0.341 e. The molecule has 0 saturated heterocycles. The highest BCUT2D eigenvalue weighted by atomic mass is 32.2. The maximum atomic E-state index is 13.8. The molecule has 0 aliphatic heterocycles. The first-order chi connectivity index (χ1) is 12.2. The van der Waals surface area contributed by atoms with Crippen molar-refractivity contribution in [2.45, 2.75) is 37.5 Å². The summed E-state index contributed by atoms with van der Waals surface area (Å²) in [6.45, 7) is 1.99. The molecule has 0 radical (unpaired) electrons. The molecular weight excluding hydrogens is 363 g/mol. The summed E-state index contributed by atoms with van der Waals surface area (Å²) in [5.74, 6) is -2.51. The highest BCUT2D eigenvalue weighted by Crippen LogP contribution is 2.18. The maximum absolute atomic E-state index is 13.8. The Hall–Kier alpha value is -2.00. The van der Waals surface area contributed by atoms with Gasteiger partial charge in [0.15, 0.2) is 6.61 Å². The Balaban J connectivity index is 2.66. The minimum atomic E-state index is -3.82. The van der Waals surface area contributed by atoms with E-state index in [9.17, 15) is 22.4 Å². The molecule has 1 aromatic rings. The van der Waals surface area contributed by atoms with Crippen molar-refractivity contribution in [1.29, 1.82) is 0 Å². The van der Waals surface area contributed by atoms with Gasteiger partial charge in [0.1, 0.15) is 5.82 Å². The lowest BCUT2D eigenvalue weighted by atomic mass is 10.2. The standard InChI is InChI=1S/C17H25FN2O5S/c1-4-5-6-7-10-19-16(21)12-25-17(22)14-11-13(8-9-15(14)18)26(23,24)20(2)3/h8-9,11H,4-7,10,12H2,1-3H3,(H,19,21). The molecule has 26 heavy (non-hydrogen) atoms. The van der Waals surface area contributed by atoms with E-state index in [-0.39, 0.29) is 4.90 Å². The van der Waals surface area contributed by atoms with Crippen LogP contribution in [0.2, 0.25) is 0 Å². The van der Waals surface area contributed by atoms with Crippen LogP contribution in [-0.2, 0) is 19.6 Å². The van der Waals surface area contributed by atoms with E-state index in [1.165, 1.54) is 14.1 Å². The van der Waals surface area contributed by atoms with Gasteiger partial charge >= 0.3 is 5.97 Å². The third-order valence-corrected chi connectivity index (χ3v) is 5.43. The molecule has 1 N–H and O–H groups in total. The average Bonchev–Trinajstić information content (AvgIpc) is 2.59. The number of esters is 1. The predicted octanol–water partition coefficient (Wildman–Crippen LogP) is 1.93. The molecule has 1 rings (SSSR count). The SMILES string of the molecule is CCCCCCNC(=O)COC(=O)c1cc(S(=O)(=O)N(C)C)ccc1F. The molecule has 0 atom stereocenters. The van der Waals surface area contributed by atoms with E-state index in [2.05, 4.69) is 12.2 Å². The minimum absolute atomic E-state index is 0.240. The summed E-state index contributed by atoms with van der Waals surface area (Å²) in [5.41, 5.74) is -0.538. The number of hydrogen-bond donors (Lipinski definition) is 1. The van der Waals surface area contributed by atoms with Crippen LogP contribution >= 0.6 is 0 Å². The quantitative estimate of drug-likeness (QED) is 0.488. The molecule has 0 aliphatic rings. The van der Waals surface area contributed by atoms with Gasteiger partial charge in [-0.1, -0.05) is 26.2 Å². The topological polar surface area (TPSA) is 92.8 Å². The second-order valence-corrected chi connectivity index (χ2v) is 8.07. The van der Waals surface area contributed by atoms with E-state index in [4.69, 9.17) is 4.74 Å². The highest BCUT2D eigenvalue weighted by Gasteiger charge is 2.22. The Morgan fingerprint density at radius 3 is 2.50 bits per heavy atom. The molecule has 0 bridgehead atoms. The van der Waals surface area contributed by atoms with E-state index >= 15 is 0 Å². The number of hydrogen-bond acceptors (Lipinski definition) is 5. The first kappa shape index (κ1) is 22.0. The molecule has 0 saturated carbocycles. The minimum Gasteiger partial charge on any atom is -0.452 e. The zero-order chi connectivity index (χ0) is 19.7. The van der Waals surface area contributed by atoms with Crippen molar-refractivity contribution in [2.75, 3.05) is 27.2 Å². The highest BCUT2D eigenvalue weighted by molar-refractivity contribution is 7.89. The first-order valence-corrected chi connectivity index (χ1v) is 9.80. The van der Waals surface area contributed by atoms with Crippen molar-refractivity contribution in [3.8, 4) is 0 Å². The van der Waals surface area contributed by atoms with Crippen LogP contribution in [0.25, 0.3) is 0 Å². The fourth-order valence-electron chi connectivity index (χ4n) is 2.07. The molecule has 146 valence electrons. The molecule has 0 fully saturated rings. The lowest BCUT2D eigenvalue weighted by molar-refractivity contribution is -0.124. The van der Waals surface area contributed by atoms with Gasteiger partial charge in [-0.2, -0.15) is 0 Å². The molecular formula is C17H25FN2O5S.